The number of rotatable bonds is 2. The van der Waals surface area contributed by atoms with Crippen LogP contribution in [0, 0.1) is 6.92 Å². The Bertz CT molecular complexity index is 429. The van der Waals surface area contributed by atoms with Crippen LogP contribution in [0.2, 0.25) is 5.02 Å². The van der Waals surface area contributed by atoms with Crippen molar-refractivity contribution >= 4 is 33.3 Å². The maximum Gasteiger partial charge on any atom is 0.417 e. The van der Waals surface area contributed by atoms with Gasteiger partial charge in [-0.2, -0.15) is 13.2 Å². The number of ketones is 1. The van der Waals surface area contributed by atoms with Crippen LogP contribution in [0.25, 0.3) is 0 Å². The number of hydrogen-bond acceptors (Lipinski definition) is 1. The Morgan fingerprint density at radius 3 is 2.44 bits per heavy atom. The Labute approximate surface area is 104 Å². The van der Waals surface area contributed by atoms with Crippen LogP contribution < -0.4 is 0 Å². The van der Waals surface area contributed by atoms with E-state index in [1.807, 2.05) is 0 Å². The quantitative estimate of drug-likeness (QED) is 0.589. The fourth-order valence-electron chi connectivity index (χ4n) is 1.32. The number of benzene rings is 1. The summed E-state index contributed by atoms with van der Waals surface area (Å²) in [6, 6.07) is 2.26. The summed E-state index contributed by atoms with van der Waals surface area (Å²) in [7, 11) is 0. The molecule has 0 amide bonds. The molecule has 0 bridgehead atoms. The number of hydrogen-bond donors (Lipinski definition) is 0. The van der Waals surface area contributed by atoms with E-state index in [2.05, 4.69) is 15.9 Å². The second-order valence-electron chi connectivity index (χ2n) is 3.22. The van der Waals surface area contributed by atoms with Gasteiger partial charge in [-0.05, 0) is 24.6 Å². The number of aryl methyl sites for hydroxylation is 1. The minimum atomic E-state index is -4.58. The molecule has 0 aliphatic rings. The van der Waals surface area contributed by atoms with Gasteiger partial charge in [0.2, 0.25) is 0 Å². The molecular formula is C10H7BrClF3O. The second-order valence-corrected chi connectivity index (χ2v) is 4.19. The van der Waals surface area contributed by atoms with Gasteiger partial charge in [0.25, 0.3) is 0 Å². The first-order chi connectivity index (χ1) is 7.27. The lowest BCUT2D eigenvalue weighted by Gasteiger charge is -2.13. The molecule has 88 valence electrons. The molecule has 0 heterocycles. The van der Waals surface area contributed by atoms with Crippen molar-refractivity contribution in [2.75, 3.05) is 5.33 Å². The van der Waals surface area contributed by atoms with E-state index in [9.17, 15) is 18.0 Å². The number of alkyl halides is 4. The zero-order valence-corrected chi connectivity index (χ0v) is 10.5. The number of halogens is 5. The maximum atomic E-state index is 12.7. The third kappa shape index (κ3) is 2.77. The fraction of sp³-hybridized carbons (Fsp3) is 0.300. The highest BCUT2D eigenvalue weighted by Crippen LogP contribution is 2.36. The first kappa shape index (κ1) is 13.5. The molecule has 16 heavy (non-hydrogen) atoms. The SMILES string of the molecule is Cc1cc(Cl)c(C(=O)CBr)c(C(F)(F)F)c1. The minimum absolute atomic E-state index is 0.170. The predicted octanol–water partition coefficient (Wildman–Crippen LogP) is 4.24. The molecule has 1 nitrogen and oxygen atoms in total. The molecular weight excluding hydrogens is 308 g/mol. The van der Waals surface area contributed by atoms with Gasteiger partial charge < -0.3 is 0 Å². The molecule has 0 aromatic heterocycles. The summed E-state index contributed by atoms with van der Waals surface area (Å²) in [5.74, 6) is -0.683. The van der Waals surface area contributed by atoms with E-state index in [1.54, 1.807) is 0 Å². The van der Waals surface area contributed by atoms with Gasteiger partial charge in [0.1, 0.15) is 0 Å². The number of carbonyl (C=O) groups excluding carboxylic acids is 1. The summed E-state index contributed by atoms with van der Waals surface area (Å²) in [5.41, 5.74) is -1.10. The number of carbonyl (C=O) groups is 1. The Morgan fingerprint density at radius 2 is 2.00 bits per heavy atom. The minimum Gasteiger partial charge on any atom is -0.293 e. The summed E-state index contributed by atoms with van der Waals surface area (Å²) < 4.78 is 38.0. The van der Waals surface area contributed by atoms with Crippen LogP contribution in [0.4, 0.5) is 13.2 Å². The average molecular weight is 316 g/mol. The molecule has 0 atom stereocenters. The molecule has 1 rings (SSSR count). The Kier molecular flexibility index (Phi) is 4.02. The molecule has 0 aliphatic heterocycles. The van der Waals surface area contributed by atoms with Gasteiger partial charge in [-0.1, -0.05) is 27.5 Å². The summed E-state index contributed by atoms with van der Waals surface area (Å²) in [6.07, 6.45) is -4.58. The average Bonchev–Trinajstić information content (AvgIpc) is 2.14. The smallest absolute Gasteiger partial charge is 0.293 e. The van der Waals surface area contributed by atoms with Gasteiger partial charge in [-0.15, -0.1) is 0 Å². The highest BCUT2D eigenvalue weighted by molar-refractivity contribution is 9.09. The normalized spacial score (nSPS) is 11.6. The van der Waals surface area contributed by atoms with Crippen molar-refractivity contribution in [2.24, 2.45) is 0 Å². The van der Waals surface area contributed by atoms with Gasteiger partial charge in [0.15, 0.2) is 5.78 Å². The zero-order valence-electron chi connectivity index (χ0n) is 8.16. The first-order valence-electron chi connectivity index (χ1n) is 4.24. The third-order valence-corrected chi connectivity index (χ3v) is 2.75. The highest BCUT2D eigenvalue weighted by atomic mass is 79.9. The van der Waals surface area contributed by atoms with E-state index >= 15 is 0 Å². The van der Waals surface area contributed by atoms with Crippen LogP contribution in [0.1, 0.15) is 21.5 Å². The van der Waals surface area contributed by atoms with Crippen molar-refractivity contribution in [2.45, 2.75) is 13.1 Å². The lowest BCUT2D eigenvalue weighted by Crippen LogP contribution is -2.15. The van der Waals surface area contributed by atoms with Crippen LogP contribution in [0.5, 0.6) is 0 Å². The Hall–Kier alpha value is -0.550. The molecule has 0 saturated heterocycles. The van der Waals surface area contributed by atoms with E-state index in [4.69, 9.17) is 11.6 Å². The lowest BCUT2D eigenvalue weighted by atomic mass is 10.0. The molecule has 0 saturated carbocycles. The van der Waals surface area contributed by atoms with Crippen LogP contribution in [-0.2, 0) is 6.18 Å². The predicted molar refractivity (Wildman–Crippen MR) is 59.3 cm³/mol. The monoisotopic (exact) mass is 314 g/mol. The van der Waals surface area contributed by atoms with Crippen molar-refractivity contribution < 1.29 is 18.0 Å². The number of Topliss-reactive ketones (excluding diaryl/α,β-unsaturated/α-hetero) is 1. The molecule has 1 aromatic carbocycles. The lowest BCUT2D eigenvalue weighted by molar-refractivity contribution is -0.137. The Morgan fingerprint density at radius 1 is 1.44 bits per heavy atom. The van der Waals surface area contributed by atoms with Crippen molar-refractivity contribution in [1.29, 1.82) is 0 Å². The Balaban J connectivity index is 3.51. The zero-order chi connectivity index (χ0) is 12.5. The van der Waals surface area contributed by atoms with E-state index in [0.29, 0.717) is 5.56 Å². The highest BCUT2D eigenvalue weighted by Gasteiger charge is 2.36. The summed E-state index contributed by atoms with van der Waals surface area (Å²) >= 11 is 8.50. The molecule has 0 radical (unpaired) electrons. The topological polar surface area (TPSA) is 17.1 Å². The van der Waals surface area contributed by atoms with Crippen LogP contribution in [0.15, 0.2) is 12.1 Å². The van der Waals surface area contributed by atoms with E-state index < -0.39 is 23.1 Å². The van der Waals surface area contributed by atoms with Gasteiger partial charge in [0, 0.05) is 5.56 Å². The van der Waals surface area contributed by atoms with E-state index in [-0.39, 0.29) is 10.4 Å². The van der Waals surface area contributed by atoms with Crippen LogP contribution in [-0.4, -0.2) is 11.1 Å². The molecule has 1 aromatic rings. The second kappa shape index (κ2) is 4.75. The fourth-order valence-corrected chi connectivity index (χ4v) is 1.98. The molecule has 0 unspecified atom stereocenters. The molecule has 0 aliphatic carbocycles. The summed E-state index contributed by atoms with van der Waals surface area (Å²) in [4.78, 5) is 11.4. The molecule has 6 heteroatoms. The van der Waals surface area contributed by atoms with Crippen molar-refractivity contribution in [1.82, 2.24) is 0 Å². The largest absolute Gasteiger partial charge is 0.417 e. The standard InChI is InChI=1S/C10H7BrClF3O/c1-5-2-6(10(13,14)15)9(7(12)3-5)8(16)4-11/h2-3H,4H2,1H3. The van der Waals surface area contributed by atoms with Crippen molar-refractivity contribution in [3.05, 3.63) is 33.8 Å². The van der Waals surface area contributed by atoms with E-state index in [0.717, 1.165) is 6.07 Å². The maximum absolute atomic E-state index is 12.7. The summed E-state index contributed by atoms with van der Waals surface area (Å²) in [6.45, 7) is 1.49. The summed E-state index contributed by atoms with van der Waals surface area (Å²) in [5, 5.41) is -0.365. The van der Waals surface area contributed by atoms with Gasteiger partial charge in [-0.25, -0.2) is 0 Å². The van der Waals surface area contributed by atoms with Crippen molar-refractivity contribution in [3.63, 3.8) is 0 Å². The van der Waals surface area contributed by atoms with E-state index in [1.165, 1.54) is 13.0 Å². The van der Waals surface area contributed by atoms with Gasteiger partial charge in [-0.3, -0.25) is 4.79 Å². The van der Waals surface area contributed by atoms with Gasteiger partial charge >= 0.3 is 6.18 Å². The third-order valence-electron chi connectivity index (χ3n) is 1.94. The first-order valence-corrected chi connectivity index (χ1v) is 5.74. The molecule has 0 N–H and O–H groups in total. The molecule has 0 fully saturated rings. The molecule has 0 spiro atoms. The van der Waals surface area contributed by atoms with Crippen molar-refractivity contribution in [3.8, 4) is 0 Å². The van der Waals surface area contributed by atoms with Gasteiger partial charge in [0.05, 0.1) is 15.9 Å². The van der Waals surface area contributed by atoms with Crippen LogP contribution in [0.3, 0.4) is 0 Å². The van der Waals surface area contributed by atoms with Crippen LogP contribution >= 0.6 is 27.5 Å².